The van der Waals surface area contributed by atoms with Crippen molar-refractivity contribution in [3.8, 4) is 5.75 Å². The summed E-state index contributed by atoms with van der Waals surface area (Å²) in [5.74, 6) is 0.464. The highest BCUT2D eigenvalue weighted by Crippen LogP contribution is 2.32. The van der Waals surface area contributed by atoms with Gasteiger partial charge in [-0.2, -0.15) is 0 Å². The number of benzene rings is 1. The summed E-state index contributed by atoms with van der Waals surface area (Å²) in [5.41, 5.74) is 2.38. The van der Waals surface area contributed by atoms with Gasteiger partial charge >= 0.3 is 0 Å². The molecule has 3 rings (SSSR count). The van der Waals surface area contributed by atoms with E-state index in [1.54, 1.807) is 7.11 Å². The summed E-state index contributed by atoms with van der Waals surface area (Å²) in [5, 5.41) is 0. The number of aryl methyl sites for hydroxylation is 2. The van der Waals surface area contributed by atoms with Gasteiger partial charge in [0.25, 0.3) is 0 Å². The third kappa shape index (κ3) is 3.70. The third-order valence-corrected chi connectivity index (χ3v) is 6.50. The molecule has 1 aromatic carbocycles. The first-order valence-corrected chi connectivity index (χ1v) is 9.88. The van der Waals surface area contributed by atoms with E-state index in [0.717, 1.165) is 57.2 Å². The first kappa shape index (κ1) is 16.7. The van der Waals surface area contributed by atoms with E-state index in [4.69, 9.17) is 4.74 Å². The summed E-state index contributed by atoms with van der Waals surface area (Å²) in [4.78, 5) is 2.52. The highest BCUT2D eigenvalue weighted by Gasteiger charge is 2.27. The fourth-order valence-electron chi connectivity index (χ4n) is 3.52. The third-order valence-electron chi connectivity index (χ3n) is 4.96. The summed E-state index contributed by atoms with van der Waals surface area (Å²) in [6.45, 7) is 1.85. The molecule has 1 saturated heterocycles. The Balaban J connectivity index is 1.86. The molecule has 0 unspecified atom stereocenters. The number of piperidine rings is 1. The first-order chi connectivity index (χ1) is 11.0. The van der Waals surface area contributed by atoms with Gasteiger partial charge in [-0.15, -0.1) is 0 Å². The van der Waals surface area contributed by atoms with Crippen molar-refractivity contribution in [1.82, 2.24) is 9.62 Å². The maximum absolute atomic E-state index is 12.8. The van der Waals surface area contributed by atoms with Crippen LogP contribution in [0, 0.1) is 0 Å². The maximum Gasteiger partial charge on any atom is 0.244 e. The highest BCUT2D eigenvalue weighted by atomic mass is 32.2. The molecule has 0 atom stereocenters. The second-order valence-corrected chi connectivity index (χ2v) is 8.36. The Kier molecular flexibility index (Phi) is 4.94. The zero-order valence-electron chi connectivity index (χ0n) is 14.0. The molecular formula is C17H26N2O3S. The van der Waals surface area contributed by atoms with Gasteiger partial charge in [-0.3, -0.25) is 0 Å². The number of sulfonamides is 1. The van der Waals surface area contributed by atoms with Crippen LogP contribution in [0.25, 0.3) is 0 Å². The Labute approximate surface area is 139 Å². The second kappa shape index (κ2) is 6.79. The number of nitrogens with one attached hydrogen (secondary N) is 1. The summed E-state index contributed by atoms with van der Waals surface area (Å²) in [6, 6.07) is 3.75. The fraction of sp³-hybridized carbons (Fsp3) is 0.647. The molecule has 2 aliphatic rings. The van der Waals surface area contributed by atoms with Gasteiger partial charge in [-0.25, -0.2) is 13.1 Å². The molecule has 0 radical (unpaired) electrons. The predicted octanol–water partition coefficient (Wildman–Crippen LogP) is 1.95. The zero-order chi connectivity index (χ0) is 16.4. The Morgan fingerprint density at radius 3 is 2.35 bits per heavy atom. The van der Waals surface area contributed by atoms with Gasteiger partial charge in [-0.1, -0.05) is 0 Å². The molecule has 0 bridgehead atoms. The predicted molar refractivity (Wildman–Crippen MR) is 90.5 cm³/mol. The molecule has 6 heteroatoms. The topological polar surface area (TPSA) is 58.6 Å². The van der Waals surface area contributed by atoms with E-state index in [9.17, 15) is 8.42 Å². The number of ether oxygens (including phenoxy) is 1. The second-order valence-electron chi connectivity index (χ2n) is 6.68. The van der Waals surface area contributed by atoms with Crippen LogP contribution >= 0.6 is 0 Å². The molecule has 1 heterocycles. The van der Waals surface area contributed by atoms with Crippen LogP contribution < -0.4 is 9.46 Å². The van der Waals surface area contributed by atoms with Gasteiger partial charge in [0.2, 0.25) is 10.0 Å². The smallest absolute Gasteiger partial charge is 0.244 e. The Hall–Kier alpha value is -1.11. The van der Waals surface area contributed by atoms with Crippen LogP contribution in [0.4, 0.5) is 0 Å². The van der Waals surface area contributed by atoms with Crippen molar-refractivity contribution >= 4 is 10.0 Å². The van der Waals surface area contributed by atoms with Crippen molar-refractivity contribution in [2.24, 2.45) is 0 Å². The molecule has 0 saturated carbocycles. The number of rotatable bonds is 4. The van der Waals surface area contributed by atoms with Gasteiger partial charge in [0, 0.05) is 6.04 Å². The van der Waals surface area contributed by atoms with Gasteiger partial charge < -0.3 is 9.64 Å². The molecule has 0 amide bonds. The summed E-state index contributed by atoms with van der Waals surface area (Å²) >= 11 is 0. The maximum atomic E-state index is 12.8. The molecule has 5 nitrogen and oxygen atoms in total. The lowest BCUT2D eigenvalue weighted by Gasteiger charge is -2.29. The summed E-state index contributed by atoms with van der Waals surface area (Å²) < 4.78 is 33.9. The van der Waals surface area contributed by atoms with Gasteiger partial charge in [0.15, 0.2) is 0 Å². The Bertz CT molecular complexity index is 665. The van der Waals surface area contributed by atoms with E-state index in [1.807, 2.05) is 12.1 Å². The molecule has 23 heavy (non-hydrogen) atoms. The molecule has 1 N–H and O–H groups in total. The van der Waals surface area contributed by atoms with Crippen LogP contribution in [0.5, 0.6) is 5.75 Å². The van der Waals surface area contributed by atoms with Crippen molar-refractivity contribution < 1.29 is 13.2 Å². The number of hydrogen-bond acceptors (Lipinski definition) is 4. The van der Waals surface area contributed by atoms with E-state index < -0.39 is 10.0 Å². The van der Waals surface area contributed by atoms with Crippen LogP contribution in [-0.4, -0.2) is 46.6 Å². The summed E-state index contributed by atoms with van der Waals surface area (Å²) in [7, 11) is 0.0604. The van der Waals surface area contributed by atoms with E-state index in [-0.39, 0.29) is 6.04 Å². The van der Waals surface area contributed by atoms with Crippen LogP contribution in [0.2, 0.25) is 0 Å². The van der Waals surface area contributed by atoms with Crippen LogP contribution in [-0.2, 0) is 22.9 Å². The number of fused-ring (bicyclic) bond motifs is 1. The molecule has 1 fully saturated rings. The normalized spacial score (nSPS) is 20.3. The first-order valence-electron chi connectivity index (χ1n) is 8.40. The summed E-state index contributed by atoms with van der Waals surface area (Å²) in [6.07, 6.45) is 5.95. The zero-order valence-corrected chi connectivity index (χ0v) is 14.8. The highest BCUT2D eigenvalue weighted by molar-refractivity contribution is 7.89. The number of hydrogen-bond donors (Lipinski definition) is 1. The van der Waals surface area contributed by atoms with E-state index in [1.165, 1.54) is 5.56 Å². The van der Waals surface area contributed by atoms with Crippen molar-refractivity contribution in [3.63, 3.8) is 0 Å². The lowest BCUT2D eigenvalue weighted by molar-refractivity contribution is 0.248. The molecule has 0 aromatic heterocycles. The van der Waals surface area contributed by atoms with Gasteiger partial charge in [0.1, 0.15) is 10.6 Å². The molecule has 0 spiro atoms. The molecule has 1 aromatic rings. The molecule has 1 aliphatic carbocycles. The lowest BCUT2D eigenvalue weighted by Crippen LogP contribution is -2.43. The Morgan fingerprint density at radius 1 is 1.13 bits per heavy atom. The number of methoxy groups -OCH3 is 1. The molecule has 128 valence electrons. The molecular weight excluding hydrogens is 312 g/mol. The standard InChI is InChI=1S/C17H26N2O3S/c1-19-9-7-15(8-10-19)18-23(20,21)17-12-14-6-4-3-5-13(14)11-16(17)22-2/h11-12,15,18H,3-10H2,1-2H3. The minimum atomic E-state index is -3.55. The van der Waals surface area contributed by atoms with Crippen molar-refractivity contribution in [3.05, 3.63) is 23.3 Å². The van der Waals surface area contributed by atoms with Gasteiger partial charge in [0.05, 0.1) is 7.11 Å². The van der Waals surface area contributed by atoms with Crippen LogP contribution in [0.3, 0.4) is 0 Å². The van der Waals surface area contributed by atoms with Crippen LogP contribution in [0.15, 0.2) is 17.0 Å². The van der Waals surface area contributed by atoms with Gasteiger partial charge in [-0.05, 0) is 81.9 Å². The largest absolute Gasteiger partial charge is 0.495 e. The minimum absolute atomic E-state index is 0.0111. The van der Waals surface area contributed by atoms with Crippen molar-refractivity contribution in [2.75, 3.05) is 27.2 Å². The average Bonchev–Trinajstić information content (AvgIpc) is 2.55. The quantitative estimate of drug-likeness (QED) is 0.912. The van der Waals surface area contributed by atoms with E-state index in [0.29, 0.717) is 10.6 Å². The number of likely N-dealkylation sites (tertiary alicyclic amines) is 1. The SMILES string of the molecule is COc1cc2c(cc1S(=O)(=O)NC1CCN(C)CC1)CCCC2. The average molecular weight is 338 g/mol. The van der Waals surface area contributed by atoms with E-state index >= 15 is 0 Å². The monoisotopic (exact) mass is 338 g/mol. The van der Waals surface area contributed by atoms with Crippen molar-refractivity contribution in [1.29, 1.82) is 0 Å². The lowest BCUT2D eigenvalue weighted by atomic mass is 9.92. The Morgan fingerprint density at radius 2 is 1.74 bits per heavy atom. The minimum Gasteiger partial charge on any atom is -0.495 e. The number of nitrogens with zero attached hydrogens (tertiary/aromatic N) is 1. The van der Waals surface area contributed by atoms with E-state index in [2.05, 4.69) is 16.7 Å². The fourth-order valence-corrected chi connectivity index (χ4v) is 5.03. The van der Waals surface area contributed by atoms with Crippen molar-refractivity contribution in [2.45, 2.75) is 49.5 Å². The molecule has 1 aliphatic heterocycles. The van der Waals surface area contributed by atoms with Crippen LogP contribution in [0.1, 0.15) is 36.8 Å².